The van der Waals surface area contributed by atoms with Gasteiger partial charge in [-0.05, 0) is 31.9 Å². The van der Waals surface area contributed by atoms with E-state index in [4.69, 9.17) is 0 Å². The minimum Gasteiger partial charge on any atom is -0.309 e. The molecular formula is C14H26N6. The van der Waals surface area contributed by atoms with Crippen molar-refractivity contribution in [3.05, 3.63) is 5.82 Å². The van der Waals surface area contributed by atoms with E-state index in [1.807, 2.05) is 7.05 Å². The predicted octanol–water partition coefficient (Wildman–Crippen LogP) is 1.10. The van der Waals surface area contributed by atoms with Crippen LogP contribution in [0.3, 0.4) is 0 Å². The molecule has 6 heteroatoms. The highest BCUT2D eigenvalue weighted by atomic mass is 15.6. The van der Waals surface area contributed by atoms with Crippen molar-refractivity contribution in [3.63, 3.8) is 0 Å². The summed E-state index contributed by atoms with van der Waals surface area (Å²) in [6, 6.07) is 0. The van der Waals surface area contributed by atoms with Gasteiger partial charge in [0, 0.05) is 24.2 Å². The van der Waals surface area contributed by atoms with Crippen molar-refractivity contribution < 1.29 is 0 Å². The average molecular weight is 278 g/mol. The number of rotatable bonds is 2. The van der Waals surface area contributed by atoms with Crippen LogP contribution in [0, 0.1) is 0 Å². The second-order valence-corrected chi connectivity index (χ2v) is 7.07. The lowest BCUT2D eigenvalue weighted by atomic mass is 9.77. The molecule has 2 aliphatic rings. The van der Waals surface area contributed by atoms with Crippen LogP contribution < -0.4 is 5.32 Å². The number of aryl methyl sites for hydroxylation is 1. The van der Waals surface area contributed by atoms with Crippen molar-refractivity contribution in [1.82, 2.24) is 30.4 Å². The smallest absolute Gasteiger partial charge is 0.188 e. The van der Waals surface area contributed by atoms with Crippen molar-refractivity contribution in [2.75, 3.05) is 13.1 Å². The van der Waals surface area contributed by atoms with Crippen LogP contribution in [0.2, 0.25) is 0 Å². The molecule has 0 aromatic carbocycles. The first kappa shape index (κ1) is 13.9. The van der Waals surface area contributed by atoms with Gasteiger partial charge in [0.15, 0.2) is 5.82 Å². The van der Waals surface area contributed by atoms with Crippen LogP contribution in [-0.4, -0.2) is 49.3 Å². The summed E-state index contributed by atoms with van der Waals surface area (Å²) in [5.74, 6) is 0.843. The normalized spacial score (nSPS) is 25.9. The molecule has 3 rings (SSSR count). The molecule has 1 aliphatic heterocycles. The van der Waals surface area contributed by atoms with E-state index >= 15 is 0 Å². The topological polar surface area (TPSA) is 58.9 Å². The van der Waals surface area contributed by atoms with Crippen LogP contribution in [0.5, 0.6) is 0 Å². The van der Waals surface area contributed by atoms with E-state index in [1.54, 1.807) is 4.80 Å². The van der Waals surface area contributed by atoms with Crippen molar-refractivity contribution in [2.24, 2.45) is 7.05 Å². The van der Waals surface area contributed by atoms with Gasteiger partial charge in [-0.1, -0.05) is 19.3 Å². The fourth-order valence-electron chi connectivity index (χ4n) is 3.70. The van der Waals surface area contributed by atoms with Crippen LogP contribution in [0.25, 0.3) is 0 Å². The Morgan fingerprint density at radius 2 is 1.95 bits per heavy atom. The van der Waals surface area contributed by atoms with Crippen LogP contribution in [0.4, 0.5) is 0 Å². The Balaban J connectivity index is 1.81. The first-order chi connectivity index (χ1) is 9.49. The molecule has 2 fully saturated rings. The van der Waals surface area contributed by atoms with Gasteiger partial charge in [-0.2, -0.15) is 4.80 Å². The Morgan fingerprint density at radius 3 is 2.60 bits per heavy atom. The molecule has 0 unspecified atom stereocenters. The van der Waals surface area contributed by atoms with Gasteiger partial charge in [0.2, 0.25) is 0 Å². The Morgan fingerprint density at radius 1 is 1.20 bits per heavy atom. The van der Waals surface area contributed by atoms with Gasteiger partial charge in [-0.25, -0.2) is 0 Å². The second kappa shape index (κ2) is 5.07. The summed E-state index contributed by atoms with van der Waals surface area (Å²) in [4.78, 5) is 4.16. The summed E-state index contributed by atoms with van der Waals surface area (Å²) in [7, 11) is 1.83. The van der Waals surface area contributed by atoms with Gasteiger partial charge in [0.25, 0.3) is 0 Å². The molecule has 1 aromatic rings. The molecule has 1 aromatic heterocycles. The summed E-state index contributed by atoms with van der Waals surface area (Å²) in [5, 5.41) is 16.2. The lowest BCUT2D eigenvalue weighted by Crippen LogP contribution is -2.68. The van der Waals surface area contributed by atoms with E-state index in [-0.39, 0.29) is 5.54 Å². The molecule has 0 bridgehead atoms. The molecule has 0 radical (unpaired) electrons. The minimum absolute atomic E-state index is 0.158. The monoisotopic (exact) mass is 278 g/mol. The Hall–Kier alpha value is -1.01. The van der Waals surface area contributed by atoms with Crippen molar-refractivity contribution >= 4 is 0 Å². The van der Waals surface area contributed by atoms with Crippen LogP contribution in [-0.2, 0) is 13.6 Å². The first-order valence-corrected chi connectivity index (χ1v) is 7.72. The fourth-order valence-corrected chi connectivity index (χ4v) is 3.70. The highest BCUT2D eigenvalue weighted by molar-refractivity contribution is 5.04. The maximum absolute atomic E-state index is 4.36. The van der Waals surface area contributed by atoms with Crippen LogP contribution >= 0.6 is 0 Å². The second-order valence-electron chi connectivity index (χ2n) is 7.07. The average Bonchev–Trinajstić information content (AvgIpc) is 2.81. The van der Waals surface area contributed by atoms with Crippen LogP contribution in [0.15, 0.2) is 0 Å². The third kappa shape index (κ3) is 2.72. The number of nitrogens with one attached hydrogen (secondary N) is 1. The molecule has 0 atom stereocenters. The predicted molar refractivity (Wildman–Crippen MR) is 77.1 cm³/mol. The van der Waals surface area contributed by atoms with Crippen LogP contribution in [0.1, 0.15) is 51.8 Å². The Kier molecular flexibility index (Phi) is 3.54. The number of hydrogen-bond donors (Lipinski definition) is 1. The SMILES string of the molecule is Cn1nnc(CN2CC(C)(C)NCC23CCCCC3)n1. The molecule has 112 valence electrons. The maximum Gasteiger partial charge on any atom is 0.188 e. The van der Waals surface area contributed by atoms with E-state index in [0.717, 1.165) is 25.5 Å². The van der Waals surface area contributed by atoms with E-state index in [0.29, 0.717) is 5.54 Å². The standard InChI is InChI=1S/C14H26N6/c1-13(2)11-20(9-12-16-18-19(3)17-12)14(10-15-13)7-5-4-6-8-14/h15H,4-11H2,1-3H3. The maximum atomic E-state index is 4.36. The van der Waals surface area contributed by atoms with Gasteiger partial charge < -0.3 is 5.32 Å². The summed E-state index contributed by atoms with van der Waals surface area (Å²) in [5.41, 5.74) is 0.456. The molecule has 20 heavy (non-hydrogen) atoms. The van der Waals surface area contributed by atoms with E-state index < -0.39 is 0 Å². The lowest BCUT2D eigenvalue weighted by molar-refractivity contribution is -0.0178. The molecule has 1 spiro atoms. The largest absolute Gasteiger partial charge is 0.309 e. The molecule has 6 nitrogen and oxygen atoms in total. The quantitative estimate of drug-likeness (QED) is 0.878. The summed E-state index contributed by atoms with van der Waals surface area (Å²) in [6.07, 6.45) is 6.63. The zero-order valence-corrected chi connectivity index (χ0v) is 12.9. The molecule has 2 heterocycles. The van der Waals surface area contributed by atoms with Gasteiger partial charge in [-0.15, -0.1) is 10.2 Å². The van der Waals surface area contributed by atoms with E-state index in [2.05, 4.69) is 39.5 Å². The molecular weight excluding hydrogens is 252 g/mol. The number of aromatic nitrogens is 4. The summed E-state index contributed by atoms with van der Waals surface area (Å²) < 4.78 is 0. The minimum atomic E-state index is 0.158. The molecule has 1 saturated heterocycles. The highest BCUT2D eigenvalue weighted by Gasteiger charge is 2.44. The van der Waals surface area contributed by atoms with Gasteiger partial charge in [0.05, 0.1) is 13.6 Å². The number of piperazine rings is 1. The third-order valence-electron chi connectivity index (χ3n) is 4.82. The fraction of sp³-hybridized carbons (Fsp3) is 0.929. The lowest BCUT2D eigenvalue weighted by Gasteiger charge is -2.54. The Labute approximate surface area is 120 Å². The number of hydrogen-bond acceptors (Lipinski definition) is 5. The Bertz CT molecular complexity index is 460. The highest BCUT2D eigenvalue weighted by Crippen LogP contribution is 2.37. The number of nitrogens with zero attached hydrogens (tertiary/aromatic N) is 5. The van der Waals surface area contributed by atoms with Gasteiger partial charge in [-0.3, -0.25) is 4.90 Å². The van der Waals surface area contributed by atoms with Crippen molar-refractivity contribution in [1.29, 1.82) is 0 Å². The zero-order chi connectivity index (χ0) is 14.2. The zero-order valence-electron chi connectivity index (χ0n) is 12.9. The molecule has 0 amide bonds. The number of tetrazole rings is 1. The first-order valence-electron chi connectivity index (χ1n) is 7.72. The molecule has 1 N–H and O–H groups in total. The van der Waals surface area contributed by atoms with Crippen molar-refractivity contribution in [3.8, 4) is 0 Å². The van der Waals surface area contributed by atoms with Gasteiger partial charge in [0.1, 0.15) is 0 Å². The van der Waals surface area contributed by atoms with E-state index in [9.17, 15) is 0 Å². The molecule has 1 saturated carbocycles. The van der Waals surface area contributed by atoms with Gasteiger partial charge >= 0.3 is 0 Å². The van der Waals surface area contributed by atoms with Crippen molar-refractivity contribution in [2.45, 2.75) is 63.6 Å². The third-order valence-corrected chi connectivity index (χ3v) is 4.82. The summed E-state index contributed by atoms with van der Waals surface area (Å²) in [6.45, 7) is 7.50. The molecule has 1 aliphatic carbocycles. The van der Waals surface area contributed by atoms with E-state index in [1.165, 1.54) is 32.1 Å². The summed E-state index contributed by atoms with van der Waals surface area (Å²) >= 11 is 0.